The zero-order chi connectivity index (χ0) is 18.1. The lowest BCUT2D eigenvalue weighted by Gasteiger charge is -2.20. The SMILES string of the molecule is c1cc(-c2nc3c(c(NC4CC4)n2)CCN(c2cnccn2)CC3)ccn1. The zero-order valence-corrected chi connectivity index (χ0v) is 15.0. The molecule has 0 radical (unpaired) electrons. The van der Waals surface area contributed by atoms with E-state index in [0.29, 0.717) is 6.04 Å². The van der Waals surface area contributed by atoms with Crippen LogP contribution in [0.2, 0.25) is 0 Å². The predicted octanol–water partition coefficient (Wildman–Crippen LogP) is 2.51. The van der Waals surface area contributed by atoms with Gasteiger partial charge in [0.25, 0.3) is 0 Å². The van der Waals surface area contributed by atoms with Crippen molar-refractivity contribution in [3.05, 3.63) is 54.4 Å². The van der Waals surface area contributed by atoms with Gasteiger partial charge in [-0.25, -0.2) is 15.0 Å². The first-order valence-electron chi connectivity index (χ1n) is 9.44. The summed E-state index contributed by atoms with van der Waals surface area (Å²) >= 11 is 0. The van der Waals surface area contributed by atoms with Gasteiger partial charge < -0.3 is 10.2 Å². The van der Waals surface area contributed by atoms with Crippen molar-refractivity contribution >= 4 is 11.6 Å². The fourth-order valence-corrected chi connectivity index (χ4v) is 3.45. The molecule has 1 aliphatic heterocycles. The summed E-state index contributed by atoms with van der Waals surface area (Å²) in [4.78, 5) is 24.9. The third-order valence-corrected chi connectivity index (χ3v) is 5.07. The number of fused-ring (bicyclic) bond motifs is 1. The van der Waals surface area contributed by atoms with Gasteiger partial charge >= 0.3 is 0 Å². The highest BCUT2D eigenvalue weighted by Crippen LogP contribution is 2.30. The Kier molecular flexibility index (Phi) is 4.12. The van der Waals surface area contributed by atoms with Gasteiger partial charge in [-0.15, -0.1) is 0 Å². The minimum absolute atomic E-state index is 0.550. The second-order valence-electron chi connectivity index (χ2n) is 7.03. The number of aromatic nitrogens is 5. The molecule has 4 heterocycles. The van der Waals surface area contributed by atoms with E-state index in [2.05, 4.69) is 25.2 Å². The highest BCUT2D eigenvalue weighted by atomic mass is 15.2. The van der Waals surface area contributed by atoms with Crippen LogP contribution in [0.1, 0.15) is 24.1 Å². The van der Waals surface area contributed by atoms with Gasteiger partial charge in [0.15, 0.2) is 5.82 Å². The predicted molar refractivity (Wildman–Crippen MR) is 104 cm³/mol. The van der Waals surface area contributed by atoms with Crippen molar-refractivity contribution in [2.24, 2.45) is 0 Å². The lowest BCUT2D eigenvalue weighted by molar-refractivity contribution is 0.784. The molecular weight excluding hydrogens is 338 g/mol. The largest absolute Gasteiger partial charge is 0.367 e. The molecule has 0 amide bonds. The van der Waals surface area contributed by atoms with Crippen molar-refractivity contribution in [3.63, 3.8) is 0 Å². The van der Waals surface area contributed by atoms with E-state index in [1.807, 2.05) is 18.3 Å². The van der Waals surface area contributed by atoms with Crippen LogP contribution in [0.25, 0.3) is 11.4 Å². The second-order valence-corrected chi connectivity index (χ2v) is 7.03. The van der Waals surface area contributed by atoms with E-state index >= 15 is 0 Å². The number of nitrogens with one attached hydrogen (secondary N) is 1. The Morgan fingerprint density at radius 1 is 0.926 bits per heavy atom. The Labute approximate surface area is 157 Å². The molecule has 5 rings (SSSR count). The van der Waals surface area contributed by atoms with E-state index in [-0.39, 0.29) is 0 Å². The van der Waals surface area contributed by atoms with Crippen molar-refractivity contribution in [1.82, 2.24) is 24.9 Å². The summed E-state index contributed by atoms with van der Waals surface area (Å²) in [5.41, 5.74) is 3.37. The van der Waals surface area contributed by atoms with E-state index in [1.165, 1.54) is 18.4 Å². The summed E-state index contributed by atoms with van der Waals surface area (Å²) < 4.78 is 0. The number of nitrogens with zero attached hydrogens (tertiary/aromatic N) is 6. The number of anilines is 2. The highest BCUT2D eigenvalue weighted by Gasteiger charge is 2.26. The molecule has 1 N–H and O–H groups in total. The van der Waals surface area contributed by atoms with Crippen LogP contribution in [-0.2, 0) is 12.8 Å². The van der Waals surface area contributed by atoms with Crippen molar-refractivity contribution < 1.29 is 0 Å². The molecule has 0 unspecified atom stereocenters. The topological polar surface area (TPSA) is 79.7 Å². The molecule has 0 saturated heterocycles. The van der Waals surface area contributed by atoms with E-state index in [4.69, 9.17) is 9.97 Å². The molecule has 3 aromatic heterocycles. The van der Waals surface area contributed by atoms with Gasteiger partial charge in [0, 0.05) is 61.5 Å². The molecule has 0 bridgehead atoms. The molecule has 2 aliphatic rings. The third kappa shape index (κ3) is 3.45. The summed E-state index contributed by atoms with van der Waals surface area (Å²) in [5, 5.41) is 3.62. The summed E-state index contributed by atoms with van der Waals surface area (Å²) in [6, 6.07) is 4.48. The molecule has 0 atom stereocenters. The Hall–Kier alpha value is -3.09. The van der Waals surface area contributed by atoms with E-state index in [0.717, 1.165) is 54.6 Å². The minimum atomic E-state index is 0.550. The lowest BCUT2D eigenvalue weighted by Crippen LogP contribution is -2.27. The maximum atomic E-state index is 4.92. The number of rotatable bonds is 4. The monoisotopic (exact) mass is 359 g/mol. The van der Waals surface area contributed by atoms with Gasteiger partial charge in [-0.05, 0) is 31.4 Å². The van der Waals surface area contributed by atoms with E-state index in [1.54, 1.807) is 24.8 Å². The van der Waals surface area contributed by atoms with E-state index < -0.39 is 0 Å². The Bertz CT molecular complexity index is 926. The van der Waals surface area contributed by atoms with Crippen molar-refractivity contribution in [2.75, 3.05) is 23.3 Å². The van der Waals surface area contributed by atoms with Crippen molar-refractivity contribution in [1.29, 1.82) is 0 Å². The Morgan fingerprint density at radius 2 is 1.78 bits per heavy atom. The Balaban J connectivity index is 1.50. The molecule has 7 nitrogen and oxygen atoms in total. The summed E-state index contributed by atoms with van der Waals surface area (Å²) in [6.07, 6.45) is 13.1. The summed E-state index contributed by atoms with van der Waals surface area (Å²) in [6.45, 7) is 1.77. The first kappa shape index (κ1) is 16.1. The van der Waals surface area contributed by atoms with Crippen LogP contribution in [0.4, 0.5) is 11.6 Å². The van der Waals surface area contributed by atoms with Crippen LogP contribution >= 0.6 is 0 Å². The summed E-state index contributed by atoms with van der Waals surface area (Å²) in [7, 11) is 0. The minimum Gasteiger partial charge on any atom is -0.367 e. The van der Waals surface area contributed by atoms with Gasteiger partial charge in [0.2, 0.25) is 0 Å². The number of pyridine rings is 1. The number of hydrogen-bond acceptors (Lipinski definition) is 7. The second kappa shape index (κ2) is 6.90. The Morgan fingerprint density at radius 3 is 2.56 bits per heavy atom. The quantitative estimate of drug-likeness (QED) is 0.766. The normalized spacial score (nSPS) is 16.5. The molecule has 7 heteroatoms. The van der Waals surface area contributed by atoms with E-state index in [9.17, 15) is 0 Å². The van der Waals surface area contributed by atoms with Crippen LogP contribution in [0.15, 0.2) is 43.1 Å². The maximum absolute atomic E-state index is 4.92. The average molecular weight is 359 g/mol. The van der Waals surface area contributed by atoms with Crippen LogP contribution in [0, 0.1) is 0 Å². The standard InChI is InChI=1S/C20H21N7/c1-2-15(1)24-20-16-5-11-27(18-13-22-9-10-23-18)12-6-17(16)25-19(26-20)14-3-7-21-8-4-14/h3-4,7-10,13,15H,1-2,5-6,11-12H2,(H,24,25,26). The molecule has 1 saturated carbocycles. The molecule has 3 aromatic rings. The molecular formula is C20H21N7. The van der Waals surface area contributed by atoms with Crippen molar-refractivity contribution in [2.45, 2.75) is 31.7 Å². The van der Waals surface area contributed by atoms with Crippen molar-refractivity contribution in [3.8, 4) is 11.4 Å². The zero-order valence-electron chi connectivity index (χ0n) is 15.0. The van der Waals surface area contributed by atoms with Crippen LogP contribution in [-0.4, -0.2) is 44.1 Å². The summed E-state index contributed by atoms with van der Waals surface area (Å²) in [5.74, 6) is 2.69. The molecule has 0 aromatic carbocycles. The fraction of sp³-hybridized carbons (Fsp3) is 0.350. The van der Waals surface area contributed by atoms with Gasteiger partial charge in [-0.1, -0.05) is 0 Å². The molecule has 1 fully saturated rings. The average Bonchev–Trinajstić information content (AvgIpc) is 3.56. The molecule has 27 heavy (non-hydrogen) atoms. The van der Waals surface area contributed by atoms with Crippen LogP contribution in [0.3, 0.4) is 0 Å². The fourth-order valence-electron chi connectivity index (χ4n) is 3.45. The highest BCUT2D eigenvalue weighted by molar-refractivity contribution is 5.60. The first-order valence-corrected chi connectivity index (χ1v) is 9.44. The van der Waals surface area contributed by atoms with Crippen LogP contribution in [0.5, 0.6) is 0 Å². The van der Waals surface area contributed by atoms with Crippen LogP contribution < -0.4 is 10.2 Å². The smallest absolute Gasteiger partial charge is 0.161 e. The number of hydrogen-bond donors (Lipinski definition) is 1. The molecule has 136 valence electrons. The van der Waals surface area contributed by atoms with Gasteiger partial charge in [0.1, 0.15) is 11.6 Å². The third-order valence-electron chi connectivity index (χ3n) is 5.07. The lowest BCUT2D eigenvalue weighted by atomic mass is 10.1. The van der Waals surface area contributed by atoms with Gasteiger partial charge in [0.05, 0.1) is 11.9 Å². The first-order chi connectivity index (χ1) is 13.4. The van der Waals surface area contributed by atoms with Gasteiger partial charge in [-0.2, -0.15) is 0 Å². The maximum Gasteiger partial charge on any atom is 0.161 e. The molecule has 1 aliphatic carbocycles. The molecule has 0 spiro atoms. The van der Waals surface area contributed by atoms with Gasteiger partial charge in [-0.3, -0.25) is 9.97 Å².